The zero-order valence-electron chi connectivity index (χ0n) is 9.65. The highest BCUT2D eigenvalue weighted by Gasteiger charge is 2.25. The van der Waals surface area contributed by atoms with Crippen molar-refractivity contribution >= 4 is 5.91 Å². The molecule has 2 rings (SSSR count). The number of rotatable bonds is 3. The molecule has 0 saturated carbocycles. The number of hydrogen-bond donors (Lipinski definition) is 1. The highest BCUT2D eigenvalue weighted by Crippen LogP contribution is 2.14. The van der Waals surface area contributed by atoms with Crippen LogP contribution < -0.4 is 5.32 Å². The molecule has 1 aromatic rings. The number of likely N-dealkylation sites (tertiary alicyclic amines) is 1. The quantitative estimate of drug-likeness (QED) is 0.828. The number of nitrogens with one attached hydrogen (secondary N) is 1. The molecule has 0 bridgehead atoms. The second-order valence-electron chi connectivity index (χ2n) is 4.45. The molecule has 1 N–H and O–H groups in total. The van der Waals surface area contributed by atoms with E-state index in [0.717, 1.165) is 25.1 Å². The highest BCUT2D eigenvalue weighted by molar-refractivity contribution is 5.79. The minimum absolute atomic E-state index is 0.175. The maximum absolute atomic E-state index is 11.8. The van der Waals surface area contributed by atoms with Crippen LogP contribution in [-0.4, -0.2) is 30.9 Å². The van der Waals surface area contributed by atoms with Crippen molar-refractivity contribution in [1.82, 2.24) is 10.2 Å². The molecule has 1 saturated heterocycles. The molecule has 1 fully saturated rings. The molecule has 86 valence electrons. The molecule has 1 amide bonds. The average molecular weight is 218 g/mol. The van der Waals surface area contributed by atoms with E-state index in [9.17, 15) is 4.79 Å². The topological polar surface area (TPSA) is 32.3 Å². The first-order valence-electron chi connectivity index (χ1n) is 5.76. The van der Waals surface area contributed by atoms with Gasteiger partial charge in [0.25, 0.3) is 0 Å². The van der Waals surface area contributed by atoms with Crippen LogP contribution in [-0.2, 0) is 11.3 Å². The number of benzene rings is 1. The summed E-state index contributed by atoms with van der Waals surface area (Å²) in [6, 6.07) is 10.0. The summed E-state index contributed by atoms with van der Waals surface area (Å²) in [6.45, 7) is 2.56. The van der Waals surface area contributed by atoms with Crippen molar-refractivity contribution in [2.24, 2.45) is 5.92 Å². The van der Waals surface area contributed by atoms with Crippen molar-refractivity contribution in [1.29, 1.82) is 0 Å². The molecule has 0 aromatic heterocycles. The summed E-state index contributed by atoms with van der Waals surface area (Å²) < 4.78 is 0. The molecule has 3 nitrogen and oxygen atoms in total. The van der Waals surface area contributed by atoms with Gasteiger partial charge in [0.15, 0.2) is 0 Å². The number of nitrogens with zero attached hydrogens (tertiary/aromatic N) is 1. The monoisotopic (exact) mass is 218 g/mol. The van der Waals surface area contributed by atoms with Gasteiger partial charge in [-0.1, -0.05) is 30.3 Å². The maximum Gasteiger partial charge on any atom is 0.224 e. The first-order valence-corrected chi connectivity index (χ1v) is 5.76. The number of amides is 1. The van der Waals surface area contributed by atoms with Crippen molar-refractivity contribution in [3.05, 3.63) is 35.9 Å². The van der Waals surface area contributed by atoms with Gasteiger partial charge >= 0.3 is 0 Å². The average Bonchev–Trinajstić information content (AvgIpc) is 2.74. The van der Waals surface area contributed by atoms with Crippen LogP contribution in [0.15, 0.2) is 30.3 Å². The van der Waals surface area contributed by atoms with Gasteiger partial charge in [-0.15, -0.1) is 0 Å². The SMILES string of the molecule is CN1CCC(C(=O)NCc2ccccc2)C1. The molecule has 0 spiro atoms. The summed E-state index contributed by atoms with van der Waals surface area (Å²) in [6.07, 6.45) is 0.983. The zero-order valence-corrected chi connectivity index (χ0v) is 9.65. The Morgan fingerprint density at radius 3 is 2.81 bits per heavy atom. The Labute approximate surface area is 96.5 Å². The summed E-state index contributed by atoms with van der Waals surface area (Å²) in [5.41, 5.74) is 1.15. The van der Waals surface area contributed by atoms with Gasteiger partial charge in [-0.2, -0.15) is 0 Å². The van der Waals surface area contributed by atoms with E-state index in [4.69, 9.17) is 0 Å². The van der Waals surface area contributed by atoms with E-state index in [1.807, 2.05) is 30.3 Å². The molecule has 1 aliphatic rings. The van der Waals surface area contributed by atoms with Crippen LogP contribution >= 0.6 is 0 Å². The lowest BCUT2D eigenvalue weighted by Gasteiger charge is -2.11. The standard InChI is InChI=1S/C13H18N2O/c1-15-8-7-12(10-15)13(16)14-9-11-5-3-2-4-6-11/h2-6,12H,7-10H2,1H3,(H,14,16). The Kier molecular flexibility index (Phi) is 3.57. The molecule has 16 heavy (non-hydrogen) atoms. The Morgan fingerprint density at radius 2 is 2.19 bits per heavy atom. The summed E-state index contributed by atoms with van der Waals surface area (Å²) in [5, 5.41) is 3.00. The second-order valence-corrected chi connectivity index (χ2v) is 4.45. The molecule has 1 aromatic carbocycles. The molecular formula is C13H18N2O. The third kappa shape index (κ3) is 2.83. The number of hydrogen-bond acceptors (Lipinski definition) is 2. The molecule has 1 unspecified atom stereocenters. The first kappa shape index (κ1) is 11.1. The molecule has 1 aliphatic heterocycles. The smallest absolute Gasteiger partial charge is 0.224 e. The number of carbonyl (C=O) groups is 1. The normalized spacial score (nSPS) is 20.9. The third-order valence-electron chi connectivity index (χ3n) is 3.07. The summed E-state index contributed by atoms with van der Waals surface area (Å²) in [4.78, 5) is 14.0. The largest absolute Gasteiger partial charge is 0.352 e. The van der Waals surface area contributed by atoms with Gasteiger partial charge in [0.2, 0.25) is 5.91 Å². The van der Waals surface area contributed by atoms with Crippen LogP contribution in [0.5, 0.6) is 0 Å². The molecule has 0 radical (unpaired) electrons. The van der Waals surface area contributed by atoms with Gasteiger partial charge in [0.1, 0.15) is 0 Å². The minimum Gasteiger partial charge on any atom is -0.352 e. The summed E-state index contributed by atoms with van der Waals surface area (Å²) >= 11 is 0. The fraction of sp³-hybridized carbons (Fsp3) is 0.462. The van der Waals surface area contributed by atoms with Crippen molar-refractivity contribution in [3.8, 4) is 0 Å². The molecular weight excluding hydrogens is 200 g/mol. The fourth-order valence-electron chi connectivity index (χ4n) is 2.08. The van der Waals surface area contributed by atoms with Gasteiger partial charge < -0.3 is 10.2 Å². The zero-order chi connectivity index (χ0) is 11.4. The predicted octanol–water partition coefficient (Wildman–Crippen LogP) is 1.25. The highest BCUT2D eigenvalue weighted by atomic mass is 16.1. The van der Waals surface area contributed by atoms with Crippen molar-refractivity contribution in [3.63, 3.8) is 0 Å². The lowest BCUT2D eigenvalue weighted by molar-refractivity contribution is -0.124. The van der Waals surface area contributed by atoms with Crippen molar-refractivity contribution < 1.29 is 4.79 Å². The Balaban J connectivity index is 1.80. The van der Waals surface area contributed by atoms with Crippen molar-refractivity contribution in [2.45, 2.75) is 13.0 Å². The van der Waals surface area contributed by atoms with Gasteiger partial charge in [-0.25, -0.2) is 0 Å². The van der Waals surface area contributed by atoms with E-state index < -0.39 is 0 Å². The van der Waals surface area contributed by atoms with E-state index in [1.54, 1.807) is 0 Å². The van der Waals surface area contributed by atoms with Gasteiger partial charge in [0, 0.05) is 13.1 Å². The molecule has 1 atom stereocenters. The van der Waals surface area contributed by atoms with Gasteiger partial charge in [-0.05, 0) is 25.6 Å². The van der Waals surface area contributed by atoms with Crippen LogP contribution in [0, 0.1) is 5.92 Å². The van der Waals surface area contributed by atoms with E-state index in [2.05, 4.69) is 17.3 Å². The van der Waals surface area contributed by atoms with Crippen molar-refractivity contribution in [2.75, 3.05) is 20.1 Å². The minimum atomic E-state index is 0.175. The molecule has 1 heterocycles. The van der Waals surface area contributed by atoms with E-state index in [1.165, 1.54) is 0 Å². The van der Waals surface area contributed by atoms with E-state index in [0.29, 0.717) is 6.54 Å². The first-order chi connectivity index (χ1) is 7.75. The fourth-order valence-corrected chi connectivity index (χ4v) is 2.08. The predicted molar refractivity (Wildman–Crippen MR) is 63.9 cm³/mol. The van der Waals surface area contributed by atoms with Crippen LogP contribution in [0.3, 0.4) is 0 Å². The molecule has 3 heteroatoms. The van der Waals surface area contributed by atoms with E-state index in [-0.39, 0.29) is 11.8 Å². The van der Waals surface area contributed by atoms with Crippen LogP contribution in [0.4, 0.5) is 0 Å². The Bertz CT molecular complexity index is 350. The lowest BCUT2D eigenvalue weighted by atomic mass is 10.1. The van der Waals surface area contributed by atoms with E-state index >= 15 is 0 Å². The summed E-state index contributed by atoms with van der Waals surface area (Å²) in [5.74, 6) is 0.363. The number of carbonyl (C=O) groups excluding carboxylic acids is 1. The van der Waals surface area contributed by atoms with Crippen LogP contribution in [0.25, 0.3) is 0 Å². The molecule has 0 aliphatic carbocycles. The summed E-state index contributed by atoms with van der Waals surface area (Å²) in [7, 11) is 2.06. The third-order valence-corrected chi connectivity index (χ3v) is 3.07. The van der Waals surface area contributed by atoms with Crippen LogP contribution in [0.2, 0.25) is 0 Å². The lowest BCUT2D eigenvalue weighted by Crippen LogP contribution is -2.31. The Hall–Kier alpha value is -1.35. The maximum atomic E-state index is 11.8. The Morgan fingerprint density at radius 1 is 1.44 bits per heavy atom. The second kappa shape index (κ2) is 5.12. The van der Waals surface area contributed by atoms with Gasteiger partial charge in [0.05, 0.1) is 5.92 Å². The van der Waals surface area contributed by atoms with Gasteiger partial charge in [-0.3, -0.25) is 4.79 Å². The van der Waals surface area contributed by atoms with Crippen LogP contribution in [0.1, 0.15) is 12.0 Å².